The first kappa shape index (κ1) is 16.6. The Bertz CT molecular complexity index is 753. The molecule has 4 rings (SSSR count). The standard InChI is InChI=1S/C18H21FN4OS/c19-14-2-1-3-15(10-14)20-16(24)11-23-8-6-13(7-9-23)18-22-21-17(25-18)12-4-5-12/h1-3,10,12-13H,4-9,11H2,(H,20,24). The van der Waals surface area contributed by atoms with Gasteiger partial charge in [0.25, 0.3) is 0 Å². The zero-order valence-electron chi connectivity index (χ0n) is 13.9. The van der Waals surface area contributed by atoms with Crippen LogP contribution in [0.3, 0.4) is 0 Å². The van der Waals surface area contributed by atoms with Crippen molar-refractivity contribution in [2.75, 3.05) is 25.0 Å². The number of piperidine rings is 1. The molecule has 0 atom stereocenters. The fraction of sp³-hybridized carbons (Fsp3) is 0.500. The van der Waals surface area contributed by atoms with Crippen LogP contribution in [0.1, 0.15) is 47.5 Å². The van der Waals surface area contributed by atoms with Crippen molar-refractivity contribution in [3.63, 3.8) is 0 Å². The molecule has 0 unspecified atom stereocenters. The lowest BCUT2D eigenvalue weighted by molar-refractivity contribution is -0.117. The number of anilines is 1. The van der Waals surface area contributed by atoms with Gasteiger partial charge in [-0.15, -0.1) is 21.5 Å². The summed E-state index contributed by atoms with van der Waals surface area (Å²) in [6.07, 6.45) is 4.53. The van der Waals surface area contributed by atoms with Gasteiger partial charge in [0.05, 0.1) is 6.54 Å². The highest BCUT2D eigenvalue weighted by atomic mass is 32.1. The number of likely N-dealkylation sites (tertiary alicyclic amines) is 1. The molecule has 0 radical (unpaired) electrons. The van der Waals surface area contributed by atoms with E-state index in [-0.39, 0.29) is 11.7 Å². The number of halogens is 1. The topological polar surface area (TPSA) is 58.1 Å². The van der Waals surface area contributed by atoms with E-state index < -0.39 is 0 Å². The average Bonchev–Trinajstić information content (AvgIpc) is 3.33. The Morgan fingerprint density at radius 2 is 1.84 bits per heavy atom. The molecule has 2 heterocycles. The predicted molar refractivity (Wildman–Crippen MR) is 95.3 cm³/mol. The third-order valence-corrected chi connectivity index (χ3v) is 6.04. The molecule has 1 aliphatic heterocycles. The number of hydrogen-bond acceptors (Lipinski definition) is 5. The summed E-state index contributed by atoms with van der Waals surface area (Å²) in [6.45, 7) is 2.09. The lowest BCUT2D eigenvalue weighted by Crippen LogP contribution is -2.38. The molecule has 1 saturated carbocycles. The van der Waals surface area contributed by atoms with E-state index in [0.717, 1.165) is 30.9 Å². The second kappa shape index (κ2) is 7.17. The molecule has 2 fully saturated rings. The fourth-order valence-corrected chi connectivity index (χ4v) is 4.40. The van der Waals surface area contributed by atoms with Gasteiger partial charge in [-0.1, -0.05) is 6.07 Å². The molecule has 132 valence electrons. The van der Waals surface area contributed by atoms with Crippen molar-refractivity contribution in [1.29, 1.82) is 0 Å². The number of carbonyl (C=O) groups excluding carboxylic acids is 1. The van der Waals surface area contributed by atoms with E-state index in [0.29, 0.717) is 24.1 Å². The highest BCUT2D eigenvalue weighted by Crippen LogP contribution is 2.43. The zero-order valence-corrected chi connectivity index (χ0v) is 14.8. The van der Waals surface area contributed by atoms with Crippen LogP contribution in [0.25, 0.3) is 0 Å². The third kappa shape index (κ3) is 4.22. The molecule has 0 bridgehead atoms. The maximum atomic E-state index is 13.2. The van der Waals surface area contributed by atoms with Crippen molar-refractivity contribution in [3.8, 4) is 0 Å². The van der Waals surface area contributed by atoms with Gasteiger partial charge >= 0.3 is 0 Å². The Morgan fingerprint density at radius 1 is 1.16 bits per heavy atom. The number of hydrogen-bond donors (Lipinski definition) is 1. The van der Waals surface area contributed by atoms with E-state index in [9.17, 15) is 9.18 Å². The van der Waals surface area contributed by atoms with E-state index in [1.807, 2.05) is 0 Å². The second-order valence-electron chi connectivity index (χ2n) is 6.86. The Kier molecular flexibility index (Phi) is 4.76. The van der Waals surface area contributed by atoms with E-state index in [2.05, 4.69) is 20.4 Å². The summed E-state index contributed by atoms with van der Waals surface area (Å²) in [6, 6.07) is 5.98. The van der Waals surface area contributed by atoms with Gasteiger partial charge in [-0.2, -0.15) is 0 Å². The van der Waals surface area contributed by atoms with Crippen molar-refractivity contribution in [2.24, 2.45) is 0 Å². The first-order valence-electron chi connectivity index (χ1n) is 8.78. The maximum absolute atomic E-state index is 13.2. The molecule has 2 aliphatic rings. The summed E-state index contributed by atoms with van der Waals surface area (Å²) in [4.78, 5) is 14.3. The highest BCUT2D eigenvalue weighted by molar-refractivity contribution is 7.11. The largest absolute Gasteiger partial charge is 0.325 e. The molecule has 5 nitrogen and oxygen atoms in total. The van der Waals surface area contributed by atoms with Crippen LogP contribution in [0.15, 0.2) is 24.3 Å². The smallest absolute Gasteiger partial charge is 0.238 e. The van der Waals surface area contributed by atoms with E-state index >= 15 is 0 Å². The van der Waals surface area contributed by atoms with Crippen LogP contribution >= 0.6 is 11.3 Å². The van der Waals surface area contributed by atoms with Gasteiger partial charge in [0.1, 0.15) is 15.8 Å². The lowest BCUT2D eigenvalue weighted by atomic mass is 9.98. The zero-order chi connectivity index (χ0) is 17.2. The minimum absolute atomic E-state index is 0.101. The number of nitrogens with one attached hydrogen (secondary N) is 1. The normalized spacial score (nSPS) is 19.1. The van der Waals surface area contributed by atoms with E-state index in [1.165, 1.54) is 30.0 Å². The van der Waals surface area contributed by atoms with Crippen LogP contribution < -0.4 is 5.32 Å². The number of amides is 1. The summed E-state index contributed by atoms with van der Waals surface area (Å²) in [7, 11) is 0. The van der Waals surface area contributed by atoms with Gasteiger partial charge < -0.3 is 5.32 Å². The molecule has 1 aromatic heterocycles. The molecule has 1 N–H and O–H groups in total. The fourth-order valence-electron chi connectivity index (χ4n) is 3.21. The Hall–Kier alpha value is -1.86. The molecule has 2 aromatic rings. The van der Waals surface area contributed by atoms with E-state index in [1.54, 1.807) is 23.5 Å². The highest BCUT2D eigenvalue weighted by Gasteiger charge is 2.30. The van der Waals surface area contributed by atoms with Crippen LogP contribution in [-0.4, -0.2) is 40.6 Å². The Morgan fingerprint density at radius 3 is 2.48 bits per heavy atom. The first-order chi connectivity index (χ1) is 12.2. The monoisotopic (exact) mass is 360 g/mol. The quantitative estimate of drug-likeness (QED) is 0.888. The van der Waals surface area contributed by atoms with Gasteiger partial charge in [-0.25, -0.2) is 4.39 Å². The number of nitrogens with zero attached hydrogens (tertiary/aromatic N) is 3. The van der Waals surface area contributed by atoms with E-state index in [4.69, 9.17) is 0 Å². The molecule has 7 heteroatoms. The van der Waals surface area contributed by atoms with Crippen LogP contribution in [0, 0.1) is 5.82 Å². The summed E-state index contributed by atoms with van der Waals surface area (Å²) in [5.74, 6) is 0.683. The lowest BCUT2D eigenvalue weighted by Gasteiger charge is -2.30. The minimum Gasteiger partial charge on any atom is -0.325 e. The van der Waals surface area contributed by atoms with Crippen LogP contribution in [0.5, 0.6) is 0 Å². The summed E-state index contributed by atoms with van der Waals surface area (Å²) >= 11 is 1.77. The molecule has 1 amide bonds. The minimum atomic E-state index is -0.346. The van der Waals surface area contributed by atoms with Gasteiger partial charge in [-0.3, -0.25) is 9.69 Å². The third-order valence-electron chi connectivity index (χ3n) is 4.80. The second-order valence-corrected chi connectivity index (χ2v) is 7.90. The molecular weight excluding hydrogens is 339 g/mol. The molecule has 0 spiro atoms. The summed E-state index contributed by atoms with van der Waals surface area (Å²) < 4.78 is 13.2. The van der Waals surface area contributed by atoms with Gasteiger partial charge in [0.2, 0.25) is 5.91 Å². The van der Waals surface area contributed by atoms with Gasteiger partial charge in [0.15, 0.2) is 0 Å². The first-order valence-corrected chi connectivity index (χ1v) is 9.60. The number of carbonyl (C=O) groups is 1. The number of aromatic nitrogens is 2. The van der Waals surface area contributed by atoms with Crippen molar-refractivity contribution in [1.82, 2.24) is 15.1 Å². The summed E-state index contributed by atoms with van der Waals surface area (Å²) in [5, 5.41) is 13.8. The van der Waals surface area contributed by atoms with Crippen LogP contribution in [-0.2, 0) is 4.79 Å². The molecule has 1 aromatic carbocycles. The maximum Gasteiger partial charge on any atom is 0.238 e. The molecular formula is C18H21FN4OS. The Balaban J connectivity index is 1.26. The number of benzene rings is 1. The summed E-state index contributed by atoms with van der Waals surface area (Å²) in [5.41, 5.74) is 0.501. The molecule has 1 saturated heterocycles. The molecule has 25 heavy (non-hydrogen) atoms. The van der Waals surface area contributed by atoms with Gasteiger partial charge in [-0.05, 0) is 57.0 Å². The van der Waals surface area contributed by atoms with Crippen LogP contribution in [0.4, 0.5) is 10.1 Å². The average molecular weight is 360 g/mol. The van der Waals surface area contributed by atoms with Gasteiger partial charge in [0, 0.05) is 17.5 Å². The van der Waals surface area contributed by atoms with Crippen molar-refractivity contribution in [2.45, 2.75) is 37.5 Å². The molecule has 1 aliphatic carbocycles. The number of rotatable bonds is 5. The SMILES string of the molecule is O=C(CN1CCC(c2nnc(C3CC3)s2)CC1)Nc1cccc(F)c1. The Labute approximate surface area is 150 Å². The van der Waals surface area contributed by atoms with Crippen molar-refractivity contribution >= 4 is 22.9 Å². The van der Waals surface area contributed by atoms with Crippen molar-refractivity contribution < 1.29 is 9.18 Å². The van der Waals surface area contributed by atoms with Crippen LogP contribution in [0.2, 0.25) is 0 Å². The predicted octanol–water partition coefficient (Wildman–Crippen LogP) is 3.37. The van der Waals surface area contributed by atoms with Crippen molar-refractivity contribution in [3.05, 3.63) is 40.1 Å².